The van der Waals surface area contributed by atoms with Crippen LogP contribution < -0.4 is 24.4 Å². The Kier molecular flexibility index (Phi) is 7.55. The molecular weight excluding hydrogens is 476 g/mol. The van der Waals surface area contributed by atoms with E-state index in [-0.39, 0.29) is 12.2 Å². The molecule has 7 nitrogen and oxygen atoms in total. The molecule has 2 aromatic carbocycles. The van der Waals surface area contributed by atoms with E-state index in [1.54, 1.807) is 31.6 Å². The first kappa shape index (κ1) is 25.2. The number of hydrogen-bond donors (Lipinski definition) is 0. The number of carbonyl (C=O) groups is 1. The zero-order valence-corrected chi connectivity index (χ0v) is 21.6. The van der Waals surface area contributed by atoms with Crippen molar-refractivity contribution in [2.75, 3.05) is 20.3 Å². The Bertz CT molecular complexity index is 1510. The fourth-order valence-electron chi connectivity index (χ4n) is 4.09. The van der Waals surface area contributed by atoms with Gasteiger partial charge in [-0.25, -0.2) is 9.79 Å². The van der Waals surface area contributed by atoms with Gasteiger partial charge in [-0.3, -0.25) is 9.36 Å². The van der Waals surface area contributed by atoms with Gasteiger partial charge in [0.1, 0.15) is 18.1 Å². The molecule has 1 aromatic heterocycles. The van der Waals surface area contributed by atoms with Gasteiger partial charge in [0.05, 0.1) is 35.6 Å². The maximum absolute atomic E-state index is 13.7. The lowest BCUT2D eigenvalue weighted by Gasteiger charge is -2.24. The summed E-state index contributed by atoms with van der Waals surface area (Å²) >= 11 is 1.28. The summed E-state index contributed by atoms with van der Waals surface area (Å²) in [6.07, 6.45) is 3.48. The number of rotatable bonds is 8. The second-order valence-electron chi connectivity index (χ2n) is 8.20. The lowest BCUT2D eigenvalue weighted by atomic mass is 9.96. The topological polar surface area (TPSA) is 79.1 Å². The molecule has 0 fully saturated rings. The molecule has 1 atom stereocenters. The largest absolute Gasteiger partial charge is 0.496 e. The Morgan fingerprint density at radius 2 is 1.94 bits per heavy atom. The highest BCUT2D eigenvalue weighted by molar-refractivity contribution is 7.07. The summed E-state index contributed by atoms with van der Waals surface area (Å²) in [5.41, 5.74) is 3.23. The number of aryl methyl sites for hydroxylation is 1. The standard InChI is InChI=1S/C28H28N2O5S/c1-6-14-35-21-12-10-20(11-13-21)25-24(27(32)34-7-2)18(4)29-28-30(25)26(31)23(36-28)16-19-9-8-17(3)22(15-19)33-5/h6,8-13,15-16,25H,1,7,14H2,2-5H3. The van der Waals surface area contributed by atoms with Crippen LogP contribution in [0.1, 0.15) is 36.6 Å². The maximum atomic E-state index is 13.7. The molecule has 1 aliphatic rings. The highest BCUT2D eigenvalue weighted by Crippen LogP contribution is 2.31. The number of thiazole rings is 1. The normalized spacial score (nSPS) is 15.2. The SMILES string of the molecule is C=CCOc1ccc(C2C(C(=O)OCC)=C(C)N=c3sc(=Cc4ccc(C)c(OC)c4)c(=O)n32)cc1. The van der Waals surface area contributed by atoms with Crippen molar-refractivity contribution in [2.24, 2.45) is 4.99 Å². The zero-order chi connectivity index (χ0) is 25.8. The number of carbonyl (C=O) groups excluding carboxylic acids is 1. The Morgan fingerprint density at radius 1 is 1.19 bits per heavy atom. The summed E-state index contributed by atoms with van der Waals surface area (Å²) in [5.74, 6) is 0.916. The predicted octanol–water partition coefficient (Wildman–Crippen LogP) is 3.68. The molecule has 0 bridgehead atoms. The van der Waals surface area contributed by atoms with Crippen LogP contribution in [0.2, 0.25) is 0 Å². The summed E-state index contributed by atoms with van der Waals surface area (Å²) in [5, 5.41) is 0. The first-order chi connectivity index (χ1) is 17.4. The Morgan fingerprint density at radius 3 is 2.61 bits per heavy atom. The van der Waals surface area contributed by atoms with Gasteiger partial charge in [0, 0.05) is 0 Å². The third-order valence-corrected chi connectivity index (χ3v) is 6.79. The van der Waals surface area contributed by atoms with E-state index in [0.717, 1.165) is 22.4 Å². The third kappa shape index (κ3) is 4.90. The molecule has 1 aliphatic heterocycles. The molecule has 0 N–H and O–H groups in total. The van der Waals surface area contributed by atoms with Gasteiger partial charge in [0.2, 0.25) is 0 Å². The second kappa shape index (κ2) is 10.8. The number of benzene rings is 2. The zero-order valence-electron chi connectivity index (χ0n) is 20.7. The molecule has 0 radical (unpaired) electrons. The Hall–Kier alpha value is -3.91. The highest BCUT2D eigenvalue weighted by Gasteiger charge is 2.33. The van der Waals surface area contributed by atoms with E-state index in [1.165, 1.54) is 11.3 Å². The third-order valence-electron chi connectivity index (χ3n) is 5.81. The molecular formula is C28H28N2O5S. The molecule has 1 unspecified atom stereocenters. The van der Waals surface area contributed by atoms with E-state index in [1.807, 2.05) is 55.5 Å². The van der Waals surface area contributed by atoms with Crippen LogP contribution in [-0.2, 0) is 9.53 Å². The number of nitrogens with zero attached hydrogens (tertiary/aromatic N) is 2. The van der Waals surface area contributed by atoms with E-state index in [4.69, 9.17) is 14.2 Å². The van der Waals surface area contributed by atoms with E-state index in [0.29, 0.717) is 33.0 Å². The van der Waals surface area contributed by atoms with Crippen molar-refractivity contribution in [3.8, 4) is 11.5 Å². The van der Waals surface area contributed by atoms with E-state index >= 15 is 0 Å². The number of hydrogen-bond acceptors (Lipinski definition) is 7. The quantitative estimate of drug-likeness (QED) is 0.345. The lowest BCUT2D eigenvalue weighted by molar-refractivity contribution is -0.139. The van der Waals surface area contributed by atoms with Crippen LogP contribution in [0.25, 0.3) is 6.08 Å². The molecule has 0 spiro atoms. The molecule has 186 valence electrons. The fourth-order valence-corrected chi connectivity index (χ4v) is 5.13. The predicted molar refractivity (Wildman–Crippen MR) is 140 cm³/mol. The van der Waals surface area contributed by atoms with Gasteiger partial charge in [-0.15, -0.1) is 0 Å². The van der Waals surface area contributed by atoms with Crippen LogP contribution in [0.3, 0.4) is 0 Å². The Labute approximate surface area is 213 Å². The first-order valence-electron chi connectivity index (χ1n) is 11.6. The van der Waals surface area contributed by atoms with Crippen LogP contribution >= 0.6 is 11.3 Å². The van der Waals surface area contributed by atoms with Crippen molar-refractivity contribution in [1.29, 1.82) is 0 Å². The molecule has 0 amide bonds. The number of methoxy groups -OCH3 is 1. The van der Waals surface area contributed by atoms with Crippen molar-refractivity contribution in [1.82, 2.24) is 4.57 Å². The van der Waals surface area contributed by atoms with Gasteiger partial charge in [0.25, 0.3) is 5.56 Å². The van der Waals surface area contributed by atoms with Gasteiger partial charge in [-0.05, 0) is 61.7 Å². The van der Waals surface area contributed by atoms with E-state index in [9.17, 15) is 9.59 Å². The van der Waals surface area contributed by atoms with Gasteiger partial charge in [-0.2, -0.15) is 0 Å². The molecule has 0 saturated heterocycles. The van der Waals surface area contributed by atoms with Crippen LogP contribution in [0.15, 0.2) is 76.2 Å². The number of esters is 1. The smallest absolute Gasteiger partial charge is 0.338 e. The van der Waals surface area contributed by atoms with Crippen LogP contribution in [-0.4, -0.2) is 30.9 Å². The van der Waals surface area contributed by atoms with Crippen molar-refractivity contribution in [3.63, 3.8) is 0 Å². The van der Waals surface area contributed by atoms with E-state index < -0.39 is 12.0 Å². The Balaban J connectivity index is 1.88. The fraction of sp³-hybridized carbons (Fsp3) is 0.250. The summed E-state index contributed by atoms with van der Waals surface area (Å²) in [4.78, 5) is 31.9. The van der Waals surface area contributed by atoms with Crippen LogP contribution in [0.5, 0.6) is 11.5 Å². The van der Waals surface area contributed by atoms with Gasteiger partial charge in [-0.1, -0.05) is 48.3 Å². The molecule has 8 heteroatoms. The van der Waals surface area contributed by atoms with E-state index in [2.05, 4.69) is 11.6 Å². The van der Waals surface area contributed by atoms with Crippen LogP contribution in [0, 0.1) is 6.92 Å². The average molecular weight is 505 g/mol. The van der Waals surface area contributed by atoms with Crippen molar-refractivity contribution in [2.45, 2.75) is 26.8 Å². The molecule has 36 heavy (non-hydrogen) atoms. The lowest BCUT2D eigenvalue weighted by Crippen LogP contribution is -2.39. The van der Waals surface area contributed by atoms with Crippen LogP contribution in [0.4, 0.5) is 0 Å². The number of aromatic nitrogens is 1. The molecule has 0 aliphatic carbocycles. The minimum atomic E-state index is -0.677. The van der Waals surface area contributed by atoms with Crippen molar-refractivity contribution < 1.29 is 19.0 Å². The summed E-state index contributed by atoms with van der Waals surface area (Å²) in [7, 11) is 1.62. The van der Waals surface area contributed by atoms with Gasteiger partial charge >= 0.3 is 5.97 Å². The number of allylic oxidation sites excluding steroid dienone is 1. The molecule has 4 rings (SSSR count). The molecule has 3 aromatic rings. The van der Waals surface area contributed by atoms with Crippen molar-refractivity contribution >= 4 is 23.4 Å². The van der Waals surface area contributed by atoms with Crippen molar-refractivity contribution in [3.05, 3.63) is 103 Å². The van der Waals surface area contributed by atoms with Gasteiger partial charge in [0.15, 0.2) is 4.80 Å². The number of ether oxygens (including phenoxy) is 3. The number of fused-ring (bicyclic) bond motifs is 1. The summed E-state index contributed by atoms with van der Waals surface area (Å²) < 4.78 is 18.5. The minimum Gasteiger partial charge on any atom is -0.496 e. The second-order valence-corrected chi connectivity index (χ2v) is 9.21. The minimum absolute atomic E-state index is 0.219. The molecule has 0 saturated carbocycles. The monoisotopic (exact) mass is 504 g/mol. The first-order valence-corrected chi connectivity index (χ1v) is 12.4. The highest BCUT2D eigenvalue weighted by atomic mass is 32.1. The average Bonchev–Trinajstić information content (AvgIpc) is 3.17. The van der Waals surface area contributed by atoms with Gasteiger partial charge < -0.3 is 14.2 Å². The summed E-state index contributed by atoms with van der Waals surface area (Å²) in [6, 6.07) is 12.4. The summed E-state index contributed by atoms with van der Waals surface area (Å²) in [6.45, 7) is 9.74. The molecule has 2 heterocycles. The maximum Gasteiger partial charge on any atom is 0.338 e.